The van der Waals surface area contributed by atoms with Crippen molar-refractivity contribution in [2.24, 2.45) is 0 Å². The first-order valence-corrected chi connectivity index (χ1v) is 6.38. The molecule has 0 aliphatic carbocycles. The number of fused-ring (bicyclic) bond motifs is 1. The number of hydrogen-bond acceptors (Lipinski definition) is 4. The predicted octanol–water partition coefficient (Wildman–Crippen LogP) is 0.634. The third-order valence-corrected chi connectivity index (χ3v) is 3.40. The van der Waals surface area contributed by atoms with Crippen molar-refractivity contribution in [1.82, 2.24) is 24.8 Å². The zero-order valence-electron chi connectivity index (χ0n) is 9.11. The van der Waals surface area contributed by atoms with Crippen LogP contribution in [0.5, 0.6) is 0 Å². The van der Waals surface area contributed by atoms with Crippen molar-refractivity contribution < 1.29 is 0 Å². The molecule has 1 aliphatic rings. The van der Waals surface area contributed by atoms with E-state index < -0.39 is 0 Å². The molecule has 17 heavy (non-hydrogen) atoms. The summed E-state index contributed by atoms with van der Waals surface area (Å²) >= 11 is 3.27. The van der Waals surface area contributed by atoms with Gasteiger partial charge in [0.2, 0.25) is 0 Å². The lowest BCUT2D eigenvalue weighted by atomic mass is 10.2. The van der Waals surface area contributed by atoms with Crippen molar-refractivity contribution in [3.8, 4) is 0 Å². The van der Waals surface area contributed by atoms with Crippen molar-refractivity contribution in [2.75, 3.05) is 6.54 Å². The van der Waals surface area contributed by atoms with E-state index >= 15 is 0 Å². The number of nitrogens with zero attached hydrogens (tertiary/aromatic N) is 3. The Morgan fingerprint density at radius 1 is 1.59 bits per heavy atom. The Kier molecular flexibility index (Phi) is 2.71. The molecule has 1 fully saturated rings. The van der Waals surface area contributed by atoms with Crippen molar-refractivity contribution in [3.63, 3.8) is 0 Å². The van der Waals surface area contributed by atoms with E-state index in [0.29, 0.717) is 28.5 Å². The van der Waals surface area contributed by atoms with E-state index in [-0.39, 0.29) is 5.69 Å². The third kappa shape index (κ3) is 2.00. The van der Waals surface area contributed by atoms with E-state index in [4.69, 9.17) is 0 Å². The molecule has 0 spiro atoms. The maximum Gasteiger partial charge on any atom is 0.328 e. The van der Waals surface area contributed by atoms with Crippen LogP contribution in [-0.4, -0.2) is 32.1 Å². The van der Waals surface area contributed by atoms with Gasteiger partial charge in [-0.1, -0.05) is 0 Å². The van der Waals surface area contributed by atoms with Crippen molar-refractivity contribution in [1.29, 1.82) is 0 Å². The third-order valence-electron chi connectivity index (χ3n) is 3.02. The number of nitrogens with one attached hydrogen (secondary N) is 2. The monoisotopic (exact) mass is 297 g/mol. The molecule has 6 nitrogen and oxygen atoms in total. The van der Waals surface area contributed by atoms with Crippen molar-refractivity contribution in [3.05, 3.63) is 21.3 Å². The normalized spacial score (nSPS) is 20.2. The lowest BCUT2D eigenvalue weighted by Gasteiger charge is -2.10. The van der Waals surface area contributed by atoms with Crippen LogP contribution >= 0.6 is 15.9 Å². The van der Waals surface area contributed by atoms with E-state index in [1.165, 1.54) is 0 Å². The number of aromatic nitrogens is 4. The molecule has 2 aromatic heterocycles. The zero-order valence-corrected chi connectivity index (χ0v) is 10.7. The fourth-order valence-corrected chi connectivity index (χ4v) is 2.47. The highest BCUT2D eigenvalue weighted by atomic mass is 79.9. The molecule has 0 bridgehead atoms. The average Bonchev–Trinajstić information content (AvgIpc) is 2.90. The first kappa shape index (κ1) is 10.9. The maximum atomic E-state index is 11.8. The SMILES string of the molecule is O=c1[nH]c2ncc(Br)nc2n1CC1CCCN1. The predicted molar refractivity (Wildman–Crippen MR) is 66.9 cm³/mol. The first-order chi connectivity index (χ1) is 8.24. The second-order valence-electron chi connectivity index (χ2n) is 4.20. The fourth-order valence-electron chi connectivity index (χ4n) is 2.20. The van der Waals surface area contributed by atoms with Gasteiger partial charge in [0, 0.05) is 12.6 Å². The van der Waals surface area contributed by atoms with Crippen LogP contribution in [0, 0.1) is 0 Å². The molecule has 3 rings (SSSR count). The Hall–Kier alpha value is -1.21. The molecule has 1 aliphatic heterocycles. The summed E-state index contributed by atoms with van der Waals surface area (Å²) in [6.45, 7) is 1.67. The Balaban J connectivity index is 2.04. The molecule has 1 unspecified atom stereocenters. The minimum Gasteiger partial charge on any atom is -0.312 e. The largest absolute Gasteiger partial charge is 0.328 e. The topological polar surface area (TPSA) is 75.6 Å². The summed E-state index contributed by atoms with van der Waals surface area (Å²) in [5, 5.41) is 3.37. The van der Waals surface area contributed by atoms with Gasteiger partial charge in [0.1, 0.15) is 4.60 Å². The number of halogens is 1. The molecule has 1 saturated heterocycles. The van der Waals surface area contributed by atoms with Gasteiger partial charge in [-0.15, -0.1) is 0 Å². The van der Waals surface area contributed by atoms with Gasteiger partial charge in [-0.25, -0.2) is 14.8 Å². The molecular formula is C10H12BrN5O. The molecule has 0 amide bonds. The minimum absolute atomic E-state index is 0.146. The highest BCUT2D eigenvalue weighted by Gasteiger charge is 2.18. The lowest BCUT2D eigenvalue weighted by Crippen LogP contribution is -2.31. The highest BCUT2D eigenvalue weighted by molar-refractivity contribution is 9.10. The molecule has 0 aromatic carbocycles. The highest BCUT2D eigenvalue weighted by Crippen LogP contribution is 2.12. The summed E-state index contributed by atoms with van der Waals surface area (Å²) in [6.07, 6.45) is 3.84. The van der Waals surface area contributed by atoms with Gasteiger partial charge in [0.25, 0.3) is 0 Å². The molecule has 2 aromatic rings. The van der Waals surface area contributed by atoms with Gasteiger partial charge >= 0.3 is 5.69 Å². The second-order valence-corrected chi connectivity index (χ2v) is 5.01. The van der Waals surface area contributed by atoms with Gasteiger partial charge in [-0.3, -0.25) is 9.55 Å². The molecular weight excluding hydrogens is 286 g/mol. The fraction of sp³-hybridized carbons (Fsp3) is 0.500. The van der Waals surface area contributed by atoms with Gasteiger partial charge in [-0.05, 0) is 35.3 Å². The number of rotatable bonds is 2. The summed E-state index contributed by atoms with van der Waals surface area (Å²) in [4.78, 5) is 23.0. The van der Waals surface area contributed by atoms with Crippen LogP contribution in [0.25, 0.3) is 11.3 Å². The number of H-pyrrole nitrogens is 1. The van der Waals surface area contributed by atoms with Gasteiger partial charge in [0.05, 0.1) is 6.20 Å². The lowest BCUT2D eigenvalue weighted by molar-refractivity contribution is 0.507. The van der Waals surface area contributed by atoms with Crippen molar-refractivity contribution in [2.45, 2.75) is 25.4 Å². The molecule has 3 heterocycles. The first-order valence-electron chi connectivity index (χ1n) is 5.58. The summed E-state index contributed by atoms with van der Waals surface area (Å²) in [5.41, 5.74) is 1.00. The van der Waals surface area contributed by atoms with Crippen LogP contribution in [0.2, 0.25) is 0 Å². The van der Waals surface area contributed by atoms with Crippen LogP contribution < -0.4 is 11.0 Å². The Morgan fingerprint density at radius 3 is 3.24 bits per heavy atom. The quantitative estimate of drug-likeness (QED) is 0.853. The van der Waals surface area contributed by atoms with Gasteiger partial charge in [0.15, 0.2) is 11.3 Å². The summed E-state index contributed by atoms with van der Waals surface area (Å²) in [5.74, 6) is 0. The van der Waals surface area contributed by atoms with Gasteiger partial charge in [-0.2, -0.15) is 0 Å². The average molecular weight is 298 g/mol. The van der Waals surface area contributed by atoms with E-state index in [9.17, 15) is 4.79 Å². The van der Waals surface area contributed by atoms with Crippen LogP contribution in [0.4, 0.5) is 0 Å². The number of imidazole rings is 1. The molecule has 0 saturated carbocycles. The molecule has 7 heteroatoms. The van der Waals surface area contributed by atoms with Gasteiger partial charge < -0.3 is 5.32 Å². The summed E-state index contributed by atoms with van der Waals surface area (Å²) in [6, 6.07) is 0.354. The summed E-state index contributed by atoms with van der Waals surface area (Å²) in [7, 11) is 0. The zero-order chi connectivity index (χ0) is 11.8. The Morgan fingerprint density at radius 2 is 2.47 bits per heavy atom. The van der Waals surface area contributed by atoms with Crippen LogP contribution in [0.15, 0.2) is 15.6 Å². The van der Waals surface area contributed by atoms with E-state index in [1.54, 1.807) is 10.8 Å². The standard InChI is InChI=1S/C10H12BrN5O/c11-7-4-13-8-9(14-7)16(10(17)15-8)5-6-2-1-3-12-6/h4,6,12H,1-3,5H2,(H,13,15,17). The van der Waals surface area contributed by atoms with Crippen LogP contribution in [0.3, 0.4) is 0 Å². The summed E-state index contributed by atoms with van der Waals surface area (Å²) < 4.78 is 2.29. The molecule has 90 valence electrons. The maximum absolute atomic E-state index is 11.8. The van der Waals surface area contributed by atoms with E-state index in [2.05, 4.69) is 36.2 Å². The molecule has 2 N–H and O–H groups in total. The molecule has 1 atom stereocenters. The van der Waals surface area contributed by atoms with Crippen LogP contribution in [-0.2, 0) is 6.54 Å². The smallest absolute Gasteiger partial charge is 0.312 e. The van der Waals surface area contributed by atoms with E-state index in [1.807, 2.05) is 0 Å². The van der Waals surface area contributed by atoms with Crippen LogP contribution in [0.1, 0.15) is 12.8 Å². The minimum atomic E-state index is -0.146. The Labute approximate surface area is 106 Å². The second kappa shape index (κ2) is 4.23. The van der Waals surface area contributed by atoms with E-state index in [0.717, 1.165) is 19.4 Å². The Bertz CT molecular complexity index is 598. The number of hydrogen-bond donors (Lipinski definition) is 2. The number of aromatic amines is 1. The molecule has 0 radical (unpaired) electrons. The van der Waals surface area contributed by atoms with Crippen molar-refractivity contribution >= 4 is 27.2 Å².